The quantitative estimate of drug-likeness (QED) is 0.806. The van der Waals surface area contributed by atoms with Crippen LogP contribution < -0.4 is 10.6 Å². The van der Waals surface area contributed by atoms with Crippen LogP contribution >= 0.6 is 15.9 Å². The number of fused-ring (bicyclic) bond motifs is 2. The summed E-state index contributed by atoms with van der Waals surface area (Å²) in [5.41, 5.74) is 6.15. The molecule has 1 aromatic carbocycles. The van der Waals surface area contributed by atoms with Crippen molar-refractivity contribution in [1.82, 2.24) is 0 Å². The number of hydrogen-bond donors (Lipinski definition) is 1. The summed E-state index contributed by atoms with van der Waals surface area (Å²) in [6.45, 7) is 0. The van der Waals surface area contributed by atoms with E-state index >= 15 is 0 Å². The number of nitrogens with zero attached hydrogens (tertiary/aromatic N) is 1. The highest BCUT2D eigenvalue weighted by atomic mass is 79.9. The molecule has 0 aromatic heterocycles. The Morgan fingerprint density at radius 3 is 2.33 bits per heavy atom. The molecule has 0 aliphatic carbocycles. The molecule has 2 aliphatic rings. The van der Waals surface area contributed by atoms with Crippen molar-refractivity contribution in [1.29, 1.82) is 0 Å². The Kier molecular flexibility index (Phi) is 3.94. The first-order valence-electron chi connectivity index (χ1n) is 7.27. The van der Waals surface area contributed by atoms with Crippen molar-refractivity contribution in [3.8, 4) is 0 Å². The maximum Gasteiger partial charge on any atom is 0.416 e. The van der Waals surface area contributed by atoms with Crippen molar-refractivity contribution in [2.45, 2.75) is 56.4 Å². The Morgan fingerprint density at radius 1 is 1.14 bits per heavy atom. The van der Waals surface area contributed by atoms with Gasteiger partial charge in [-0.25, -0.2) is 0 Å². The third-order valence-corrected chi connectivity index (χ3v) is 5.23. The number of nitrogens with two attached hydrogens (primary N) is 1. The molecule has 2 N–H and O–H groups in total. The molecule has 0 amide bonds. The molecule has 2 unspecified atom stereocenters. The van der Waals surface area contributed by atoms with Gasteiger partial charge in [-0.1, -0.05) is 0 Å². The molecule has 1 aromatic rings. The van der Waals surface area contributed by atoms with E-state index in [4.69, 9.17) is 5.73 Å². The molecule has 2 nitrogen and oxygen atoms in total. The number of anilines is 1. The Bertz CT molecular complexity index is 518. The van der Waals surface area contributed by atoms with E-state index in [9.17, 15) is 13.2 Å². The van der Waals surface area contributed by atoms with Crippen LogP contribution in [0, 0.1) is 0 Å². The van der Waals surface area contributed by atoms with E-state index < -0.39 is 11.7 Å². The van der Waals surface area contributed by atoms with E-state index in [2.05, 4.69) is 20.8 Å². The average molecular weight is 363 g/mol. The van der Waals surface area contributed by atoms with E-state index in [0.717, 1.165) is 42.6 Å². The highest BCUT2D eigenvalue weighted by Crippen LogP contribution is 2.42. The fraction of sp³-hybridized carbons (Fsp3) is 0.600. The van der Waals surface area contributed by atoms with E-state index in [0.29, 0.717) is 5.69 Å². The number of alkyl halides is 3. The van der Waals surface area contributed by atoms with Crippen molar-refractivity contribution in [2.75, 3.05) is 4.90 Å². The summed E-state index contributed by atoms with van der Waals surface area (Å²) in [5.74, 6) is 0. The standard InChI is InChI=1S/C15H18BrF3N2/c16-13-5-4-9(15(17,18)19)6-14(13)21-11-2-1-3-12(21)8-10(20)7-11/h4-6,10-12H,1-3,7-8,20H2. The molecule has 116 valence electrons. The van der Waals surface area contributed by atoms with Gasteiger partial charge in [-0.05, 0) is 66.2 Å². The van der Waals surface area contributed by atoms with Crippen LogP contribution in [0.15, 0.2) is 22.7 Å². The van der Waals surface area contributed by atoms with Crippen LogP contribution in [-0.2, 0) is 6.18 Å². The normalized spacial score (nSPS) is 29.6. The largest absolute Gasteiger partial charge is 0.416 e. The fourth-order valence-electron chi connectivity index (χ4n) is 3.70. The molecule has 2 fully saturated rings. The third kappa shape index (κ3) is 2.93. The lowest BCUT2D eigenvalue weighted by Gasteiger charge is -2.50. The summed E-state index contributed by atoms with van der Waals surface area (Å²) >= 11 is 3.42. The lowest BCUT2D eigenvalue weighted by molar-refractivity contribution is -0.137. The second kappa shape index (κ2) is 5.47. The van der Waals surface area contributed by atoms with Crippen LogP contribution in [0.2, 0.25) is 0 Å². The van der Waals surface area contributed by atoms with Crippen molar-refractivity contribution < 1.29 is 13.2 Å². The van der Waals surface area contributed by atoms with Gasteiger partial charge in [-0.2, -0.15) is 13.2 Å². The van der Waals surface area contributed by atoms with Gasteiger partial charge in [0.25, 0.3) is 0 Å². The molecule has 2 saturated heterocycles. The lowest BCUT2D eigenvalue weighted by Crippen LogP contribution is -2.55. The molecule has 3 rings (SSSR count). The molecular formula is C15H18BrF3N2. The summed E-state index contributed by atoms with van der Waals surface area (Å²) in [6.07, 6.45) is 0.560. The van der Waals surface area contributed by atoms with E-state index in [1.165, 1.54) is 12.1 Å². The summed E-state index contributed by atoms with van der Waals surface area (Å²) in [5, 5.41) is 0. The smallest absolute Gasteiger partial charge is 0.365 e. The van der Waals surface area contributed by atoms with Gasteiger partial charge >= 0.3 is 6.18 Å². The van der Waals surface area contributed by atoms with Crippen molar-refractivity contribution in [2.24, 2.45) is 5.73 Å². The Balaban J connectivity index is 1.99. The molecule has 2 heterocycles. The molecule has 2 atom stereocenters. The SMILES string of the molecule is NC1CC2CCCC(C1)N2c1cc(C(F)(F)F)ccc1Br. The van der Waals surface area contributed by atoms with Gasteiger partial charge in [0.05, 0.1) is 11.3 Å². The summed E-state index contributed by atoms with van der Waals surface area (Å²) in [6, 6.07) is 4.58. The molecule has 2 aliphatic heterocycles. The zero-order valence-corrected chi connectivity index (χ0v) is 13.1. The van der Waals surface area contributed by atoms with Gasteiger partial charge in [0.1, 0.15) is 0 Å². The van der Waals surface area contributed by atoms with Gasteiger partial charge < -0.3 is 10.6 Å². The van der Waals surface area contributed by atoms with E-state index in [-0.39, 0.29) is 18.1 Å². The number of piperidine rings is 2. The predicted octanol–water partition coefficient (Wildman–Crippen LogP) is 4.32. The molecule has 6 heteroatoms. The molecule has 21 heavy (non-hydrogen) atoms. The van der Waals surface area contributed by atoms with Crippen molar-refractivity contribution in [3.63, 3.8) is 0 Å². The first kappa shape index (κ1) is 15.2. The molecule has 0 radical (unpaired) electrons. The zero-order chi connectivity index (χ0) is 15.2. The Morgan fingerprint density at radius 2 is 1.76 bits per heavy atom. The summed E-state index contributed by atoms with van der Waals surface area (Å²) in [7, 11) is 0. The van der Waals surface area contributed by atoms with Gasteiger partial charge in [0, 0.05) is 22.6 Å². The second-order valence-corrected chi connectivity index (χ2v) is 6.90. The van der Waals surface area contributed by atoms with Gasteiger partial charge in [0.2, 0.25) is 0 Å². The summed E-state index contributed by atoms with van der Waals surface area (Å²) < 4.78 is 39.6. The van der Waals surface area contributed by atoms with Crippen molar-refractivity contribution >= 4 is 21.6 Å². The molecule has 0 spiro atoms. The highest BCUT2D eigenvalue weighted by Gasteiger charge is 2.39. The summed E-state index contributed by atoms with van der Waals surface area (Å²) in [4.78, 5) is 2.17. The Hall–Kier alpha value is -0.750. The van der Waals surface area contributed by atoms with E-state index in [1.807, 2.05) is 0 Å². The number of halogens is 4. The molecular weight excluding hydrogens is 345 g/mol. The average Bonchev–Trinajstić information content (AvgIpc) is 2.37. The maximum atomic E-state index is 13.0. The zero-order valence-electron chi connectivity index (χ0n) is 11.5. The predicted molar refractivity (Wildman–Crippen MR) is 80.3 cm³/mol. The topological polar surface area (TPSA) is 29.3 Å². The Labute approximate surface area is 130 Å². The van der Waals surface area contributed by atoms with Crippen LogP contribution in [-0.4, -0.2) is 18.1 Å². The molecule has 2 bridgehead atoms. The lowest BCUT2D eigenvalue weighted by atomic mass is 9.81. The van der Waals surface area contributed by atoms with Crippen LogP contribution in [0.4, 0.5) is 18.9 Å². The monoisotopic (exact) mass is 362 g/mol. The number of hydrogen-bond acceptors (Lipinski definition) is 2. The van der Waals surface area contributed by atoms with E-state index in [1.54, 1.807) is 0 Å². The van der Waals surface area contributed by atoms with Gasteiger partial charge in [0.15, 0.2) is 0 Å². The van der Waals surface area contributed by atoms with Crippen LogP contribution in [0.3, 0.4) is 0 Å². The minimum atomic E-state index is -4.31. The van der Waals surface area contributed by atoms with Crippen molar-refractivity contribution in [3.05, 3.63) is 28.2 Å². The van der Waals surface area contributed by atoms with Gasteiger partial charge in [-0.15, -0.1) is 0 Å². The highest BCUT2D eigenvalue weighted by molar-refractivity contribution is 9.10. The van der Waals surface area contributed by atoms with Crippen LogP contribution in [0.1, 0.15) is 37.7 Å². The van der Waals surface area contributed by atoms with Crippen LogP contribution in [0.25, 0.3) is 0 Å². The number of rotatable bonds is 1. The maximum absolute atomic E-state index is 13.0. The second-order valence-electron chi connectivity index (χ2n) is 6.04. The third-order valence-electron chi connectivity index (χ3n) is 4.56. The first-order valence-corrected chi connectivity index (χ1v) is 8.06. The number of benzene rings is 1. The van der Waals surface area contributed by atoms with Crippen LogP contribution in [0.5, 0.6) is 0 Å². The molecule has 0 saturated carbocycles. The first-order chi connectivity index (χ1) is 9.86. The van der Waals surface area contributed by atoms with Gasteiger partial charge in [-0.3, -0.25) is 0 Å². The minimum absolute atomic E-state index is 0.168. The fourth-order valence-corrected chi connectivity index (χ4v) is 4.16. The minimum Gasteiger partial charge on any atom is -0.365 e.